The van der Waals surface area contributed by atoms with Crippen LogP contribution in [0.3, 0.4) is 0 Å². The van der Waals surface area contributed by atoms with E-state index in [0.717, 1.165) is 38.6 Å². The van der Waals surface area contributed by atoms with E-state index in [9.17, 15) is 0 Å². The maximum atomic E-state index is 6.03. The first kappa shape index (κ1) is 22.9. The summed E-state index contributed by atoms with van der Waals surface area (Å²) in [5, 5.41) is 3.32. The van der Waals surface area contributed by atoms with E-state index in [1.165, 1.54) is 25.7 Å². The smallest absolute Gasteiger partial charge is 0.188 e. The van der Waals surface area contributed by atoms with Gasteiger partial charge in [0.05, 0.1) is 13.2 Å². The highest BCUT2D eigenvalue weighted by Gasteiger charge is 2.23. The zero-order chi connectivity index (χ0) is 16.4. The summed E-state index contributed by atoms with van der Waals surface area (Å²) in [6.07, 6.45) is 6.14. The fourth-order valence-electron chi connectivity index (χ4n) is 3.01. The van der Waals surface area contributed by atoms with Crippen molar-refractivity contribution in [3.05, 3.63) is 0 Å². The first-order valence-electron chi connectivity index (χ1n) is 8.82. The van der Waals surface area contributed by atoms with E-state index in [0.29, 0.717) is 18.0 Å². The monoisotopic (exact) mass is 440 g/mol. The molecular weight excluding hydrogens is 403 g/mol. The Kier molecular flexibility index (Phi) is 13.2. The fourth-order valence-corrected chi connectivity index (χ4v) is 3.01. The molecule has 1 aliphatic rings. The Labute approximate surface area is 159 Å². The lowest BCUT2D eigenvalue weighted by Crippen LogP contribution is -2.40. The van der Waals surface area contributed by atoms with E-state index >= 15 is 0 Å². The van der Waals surface area contributed by atoms with Gasteiger partial charge in [0.2, 0.25) is 0 Å². The number of nitrogens with zero attached hydrogens (tertiary/aromatic N) is 2. The number of nitrogens with one attached hydrogen (secondary N) is 1. The molecule has 1 saturated heterocycles. The van der Waals surface area contributed by atoms with Crippen molar-refractivity contribution in [3.8, 4) is 0 Å². The van der Waals surface area contributed by atoms with Crippen molar-refractivity contribution in [2.45, 2.75) is 65.0 Å². The van der Waals surface area contributed by atoms with Crippen LogP contribution in [0.5, 0.6) is 0 Å². The van der Waals surface area contributed by atoms with Crippen LogP contribution in [0.4, 0.5) is 0 Å². The highest BCUT2D eigenvalue weighted by Crippen LogP contribution is 2.16. The third-order valence-corrected chi connectivity index (χ3v) is 4.37. The Bertz CT molecular complexity index is 326. The zero-order valence-corrected chi connectivity index (χ0v) is 17.7. The molecule has 2 unspecified atom stereocenters. The summed E-state index contributed by atoms with van der Waals surface area (Å²) in [7, 11) is 1.76. The minimum Gasteiger partial charge on any atom is -0.383 e. The third-order valence-electron chi connectivity index (χ3n) is 4.37. The molecule has 0 aromatic carbocycles. The molecule has 2 atom stereocenters. The van der Waals surface area contributed by atoms with Crippen LogP contribution < -0.4 is 11.1 Å². The standard InChI is InChI=1S/C17H36N4O.HI/c1-14(2)7-5-8-15(3)20-17(18)19-13-16-9-6-10-21(16)11-12-22-4;/h14-16H,5-13H2,1-4H3,(H3,18,19,20);1H. The number of aliphatic imine (C=N–C) groups is 1. The van der Waals surface area contributed by atoms with Crippen LogP contribution in [-0.4, -0.2) is 56.3 Å². The number of nitrogens with two attached hydrogens (primary N) is 1. The Hall–Kier alpha value is -0.0800. The van der Waals surface area contributed by atoms with Gasteiger partial charge >= 0.3 is 0 Å². The van der Waals surface area contributed by atoms with Crippen molar-refractivity contribution < 1.29 is 4.74 Å². The molecule has 1 rings (SSSR count). The summed E-state index contributed by atoms with van der Waals surface area (Å²) in [5.74, 6) is 1.37. The summed E-state index contributed by atoms with van der Waals surface area (Å²) in [6.45, 7) is 10.5. The van der Waals surface area contributed by atoms with Crippen molar-refractivity contribution in [2.75, 3.05) is 33.4 Å². The Morgan fingerprint density at radius 1 is 1.35 bits per heavy atom. The van der Waals surface area contributed by atoms with Crippen LogP contribution in [0, 0.1) is 5.92 Å². The average molecular weight is 440 g/mol. The van der Waals surface area contributed by atoms with Crippen LogP contribution in [0.2, 0.25) is 0 Å². The van der Waals surface area contributed by atoms with Crippen LogP contribution in [-0.2, 0) is 4.74 Å². The maximum Gasteiger partial charge on any atom is 0.188 e. The van der Waals surface area contributed by atoms with E-state index in [1.807, 2.05) is 0 Å². The fraction of sp³-hybridized carbons (Fsp3) is 0.941. The lowest BCUT2D eigenvalue weighted by Gasteiger charge is -2.23. The normalized spacial score (nSPS) is 20.6. The van der Waals surface area contributed by atoms with Gasteiger partial charge in [-0.15, -0.1) is 24.0 Å². The van der Waals surface area contributed by atoms with Crippen molar-refractivity contribution in [3.63, 3.8) is 0 Å². The molecule has 138 valence electrons. The van der Waals surface area contributed by atoms with Gasteiger partial charge in [0.25, 0.3) is 0 Å². The number of ether oxygens (including phenoxy) is 1. The number of hydrogen-bond donors (Lipinski definition) is 2. The van der Waals surface area contributed by atoms with Crippen LogP contribution in [0.25, 0.3) is 0 Å². The van der Waals surface area contributed by atoms with Crippen molar-refractivity contribution in [1.82, 2.24) is 10.2 Å². The molecule has 0 amide bonds. The molecule has 0 aromatic rings. The minimum absolute atomic E-state index is 0. The van der Waals surface area contributed by atoms with Crippen LogP contribution >= 0.6 is 24.0 Å². The summed E-state index contributed by atoms with van der Waals surface area (Å²) in [6, 6.07) is 0.919. The van der Waals surface area contributed by atoms with E-state index in [-0.39, 0.29) is 24.0 Å². The highest BCUT2D eigenvalue weighted by atomic mass is 127. The van der Waals surface area contributed by atoms with E-state index < -0.39 is 0 Å². The number of hydrogen-bond acceptors (Lipinski definition) is 3. The second-order valence-corrected chi connectivity index (χ2v) is 6.92. The zero-order valence-electron chi connectivity index (χ0n) is 15.4. The number of rotatable bonds is 10. The predicted molar refractivity (Wildman–Crippen MR) is 110 cm³/mol. The minimum atomic E-state index is 0. The Balaban J connectivity index is 0.00000484. The molecule has 3 N–H and O–H groups in total. The molecule has 0 saturated carbocycles. The largest absolute Gasteiger partial charge is 0.383 e. The first-order chi connectivity index (χ1) is 10.5. The Morgan fingerprint density at radius 2 is 2.09 bits per heavy atom. The van der Waals surface area contributed by atoms with Gasteiger partial charge in [-0.1, -0.05) is 26.7 Å². The lowest BCUT2D eigenvalue weighted by atomic mass is 10.0. The van der Waals surface area contributed by atoms with Gasteiger partial charge in [-0.25, -0.2) is 0 Å². The highest BCUT2D eigenvalue weighted by molar-refractivity contribution is 14.0. The molecule has 6 heteroatoms. The van der Waals surface area contributed by atoms with Crippen LogP contribution in [0.15, 0.2) is 4.99 Å². The number of methoxy groups -OCH3 is 1. The van der Waals surface area contributed by atoms with Gasteiger partial charge in [0.1, 0.15) is 0 Å². The summed E-state index contributed by atoms with van der Waals surface area (Å²) < 4.78 is 5.17. The van der Waals surface area contributed by atoms with Crippen molar-refractivity contribution >= 4 is 29.9 Å². The molecular formula is C17H37IN4O. The Morgan fingerprint density at radius 3 is 2.74 bits per heavy atom. The molecule has 0 bridgehead atoms. The van der Waals surface area contributed by atoms with Gasteiger partial charge in [-0.2, -0.15) is 0 Å². The van der Waals surface area contributed by atoms with Crippen LogP contribution in [0.1, 0.15) is 52.9 Å². The molecule has 0 radical (unpaired) electrons. The molecule has 1 aliphatic heterocycles. The van der Waals surface area contributed by atoms with E-state index in [2.05, 4.69) is 36.0 Å². The molecule has 0 aromatic heterocycles. The molecule has 23 heavy (non-hydrogen) atoms. The number of guanidine groups is 1. The third kappa shape index (κ3) is 10.4. The summed E-state index contributed by atoms with van der Waals surface area (Å²) in [5.41, 5.74) is 6.03. The molecule has 5 nitrogen and oxygen atoms in total. The second-order valence-electron chi connectivity index (χ2n) is 6.92. The summed E-state index contributed by atoms with van der Waals surface area (Å²) in [4.78, 5) is 7.01. The predicted octanol–water partition coefficient (Wildman–Crippen LogP) is 2.83. The van der Waals surface area contributed by atoms with Crippen molar-refractivity contribution in [1.29, 1.82) is 0 Å². The summed E-state index contributed by atoms with van der Waals surface area (Å²) >= 11 is 0. The van der Waals surface area contributed by atoms with E-state index in [4.69, 9.17) is 10.5 Å². The molecule has 0 aliphatic carbocycles. The van der Waals surface area contributed by atoms with Crippen molar-refractivity contribution in [2.24, 2.45) is 16.6 Å². The first-order valence-corrected chi connectivity index (χ1v) is 8.82. The quantitative estimate of drug-likeness (QED) is 0.312. The second kappa shape index (κ2) is 13.2. The van der Waals surface area contributed by atoms with Gasteiger partial charge in [-0.05, 0) is 38.6 Å². The lowest BCUT2D eigenvalue weighted by molar-refractivity contribution is 0.143. The average Bonchev–Trinajstić information content (AvgIpc) is 2.89. The van der Waals surface area contributed by atoms with E-state index in [1.54, 1.807) is 7.11 Å². The van der Waals surface area contributed by atoms with Gasteiger partial charge in [0.15, 0.2) is 5.96 Å². The molecule has 0 spiro atoms. The maximum absolute atomic E-state index is 6.03. The van der Waals surface area contributed by atoms with Gasteiger partial charge in [0, 0.05) is 25.7 Å². The number of halogens is 1. The number of likely N-dealkylation sites (tertiary alicyclic amines) is 1. The van der Waals surface area contributed by atoms with Gasteiger partial charge in [-0.3, -0.25) is 9.89 Å². The molecule has 1 heterocycles. The van der Waals surface area contributed by atoms with Gasteiger partial charge < -0.3 is 15.8 Å². The SMILES string of the molecule is COCCN1CCCC1CN=C(N)NC(C)CCCC(C)C.I. The molecule has 1 fully saturated rings. The topological polar surface area (TPSA) is 62.9 Å².